The van der Waals surface area contributed by atoms with Crippen LogP contribution in [0.15, 0.2) is 211 Å². The van der Waals surface area contributed by atoms with E-state index < -0.39 is 5.41 Å². The molecule has 11 aromatic rings. The number of nitrogens with zero attached hydrogens (tertiary/aromatic N) is 1. The van der Waals surface area contributed by atoms with Gasteiger partial charge in [0.15, 0.2) is 0 Å². The van der Waals surface area contributed by atoms with E-state index in [2.05, 4.69) is 218 Å². The molecule has 0 aliphatic heterocycles. The van der Waals surface area contributed by atoms with E-state index in [-0.39, 0.29) is 0 Å². The van der Waals surface area contributed by atoms with Crippen molar-refractivity contribution < 1.29 is 4.42 Å². The minimum absolute atomic E-state index is 0.421. The first-order chi connectivity index (χ1) is 29.1. The highest BCUT2D eigenvalue weighted by Gasteiger charge is 2.42. The van der Waals surface area contributed by atoms with Crippen LogP contribution in [0.1, 0.15) is 23.6 Å². The summed E-state index contributed by atoms with van der Waals surface area (Å²) in [6, 6.07) is 75.0. The average molecular weight is 772 g/mol. The summed E-state index contributed by atoms with van der Waals surface area (Å²) in [5.74, 6) is 0. The second-order valence-corrected chi connectivity index (χ2v) is 16.8. The van der Waals surface area contributed by atoms with Crippen LogP contribution in [0, 0.1) is 0 Å². The zero-order valence-corrected chi connectivity index (χ0v) is 33.2. The van der Waals surface area contributed by atoms with E-state index in [1.807, 2.05) is 11.3 Å². The first-order valence-corrected chi connectivity index (χ1v) is 21.1. The molecule has 2 heterocycles. The first kappa shape index (κ1) is 33.9. The highest BCUT2D eigenvalue weighted by Crippen LogP contribution is 2.56. The first-order valence-electron chi connectivity index (χ1n) is 20.3. The Balaban J connectivity index is 1.07. The molecular weight excluding hydrogens is 735 g/mol. The van der Waals surface area contributed by atoms with Crippen LogP contribution >= 0.6 is 11.3 Å². The van der Waals surface area contributed by atoms with E-state index in [4.69, 9.17) is 4.42 Å². The van der Waals surface area contributed by atoms with E-state index in [0.717, 1.165) is 44.6 Å². The number of thiophene rings is 1. The molecule has 0 amide bonds. The molecule has 0 unspecified atom stereocenters. The lowest BCUT2D eigenvalue weighted by Gasteiger charge is -2.31. The third-order valence-corrected chi connectivity index (χ3v) is 13.8. The molecule has 0 N–H and O–H groups in total. The Morgan fingerprint density at radius 2 is 0.983 bits per heavy atom. The highest BCUT2D eigenvalue weighted by molar-refractivity contribution is 7.26. The van der Waals surface area contributed by atoms with Crippen LogP contribution in [0.25, 0.3) is 75.5 Å². The Morgan fingerprint density at radius 1 is 0.424 bits per heavy atom. The fourth-order valence-corrected chi connectivity index (χ4v) is 11.0. The number of benzene rings is 9. The number of hydrogen-bond donors (Lipinski definition) is 0. The second-order valence-electron chi connectivity index (χ2n) is 15.7. The van der Waals surface area contributed by atoms with Gasteiger partial charge in [0.2, 0.25) is 0 Å². The van der Waals surface area contributed by atoms with Crippen LogP contribution < -0.4 is 4.90 Å². The van der Waals surface area contributed by atoms with Gasteiger partial charge in [0.25, 0.3) is 0 Å². The molecule has 3 heteroatoms. The Hall–Kier alpha value is -7.20. The molecule has 0 bridgehead atoms. The van der Waals surface area contributed by atoms with E-state index >= 15 is 0 Å². The van der Waals surface area contributed by atoms with Crippen molar-refractivity contribution in [2.45, 2.75) is 12.3 Å². The zero-order valence-electron chi connectivity index (χ0n) is 32.4. The zero-order chi connectivity index (χ0) is 39.1. The third-order valence-electron chi connectivity index (χ3n) is 12.6. The van der Waals surface area contributed by atoms with Crippen LogP contribution in [-0.4, -0.2) is 0 Å². The van der Waals surface area contributed by atoms with Gasteiger partial charge in [0.05, 0.1) is 11.1 Å². The summed E-state index contributed by atoms with van der Waals surface area (Å²) in [5.41, 5.74) is 15.8. The fraction of sp³-hybridized carbons (Fsp3) is 0.0357. The summed E-state index contributed by atoms with van der Waals surface area (Å²) >= 11 is 1.87. The molecule has 59 heavy (non-hydrogen) atoms. The smallest absolute Gasteiger partial charge is 0.141 e. The molecule has 2 aromatic heterocycles. The highest BCUT2D eigenvalue weighted by atomic mass is 32.1. The molecule has 0 spiro atoms. The standard InChI is InChI=1S/C56H37NOS/c1-56(47-22-9-5-16-42(47)43-17-6-10-23-48(43)56)49-34-35-50(53-46-19-7-11-24-51(46)58-54(49)53)57(39-30-26-37(27-31-39)36-14-3-2-4-15-36)40-32-28-38(29-33-40)41-20-13-21-45-44-18-8-12-25-52(44)59-55(41)45/h2-35H,1H3. The van der Waals surface area contributed by atoms with Gasteiger partial charge in [0.1, 0.15) is 11.2 Å². The Labute approximate surface area is 346 Å². The molecule has 2 nitrogen and oxygen atoms in total. The minimum Gasteiger partial charge on any atom is -0.456 e. The maximum absolute atomic E-state index is 7.05. The lowest BCUT2D eigenvalue weighted by molar-refractivity contribution is 0.638. The quantitative estimate of drug-likeness (QED) is 0.167. The molecule has 0 fully saturated rings. The third kappa shape index (κ3) is 5.11. The molecule has 1 aliphatic rings. The average Bonchev–Trinajstić information content (AvgIpc) is 3.96. The number of anilines is 3. The number of hydrogen-bond acceptors (Lipinski definition) is 3. The van der Waals surface area contributed by atoms with E-state index in [0.29, 0.717) is 0 Å². The van der Waals surface area contributed by atoms with Gasteiger partial charge in [-0.05, 0) is 93.9 Å². The fourth-order valence-electron chi connectivity index (χ4n) is 9.76. The van der Waals surface area contributed by atoms with Crippen molar-refractivity contribution in [2.24, 2.45) is 0 Å². The van der Waals surface area contributed by atoms with Crippen LogP contribution in [0.4, 0.5) is 17.1 Å². The van der Waals surface area contributed by atoms with Crippen LogP contribution in [0.2, 0.25) is 0 Å². The topological polar surface area (TPSA) is 16.4 Å². The van der Waals surface area contributed by atoms with Crippen molar-refractivity contribution in [1.29, 1.82) is 0 Å². The number of furan rings is 1. The summed E-state index contributed by atoms with van der Waals surface area (Å²) in [5, 5.41) is 4.83. The Morgan fingerprint density at radius 3 is 1.71 bits per heavy atom. The van der Waals surface area contributed by atoms with E-state index in [9.17, 15) is 0 Å². The van der Waals surface area contributed by atoms with Gasteiger partial charge in [-0.15, -0.1) is 11.3 Å². The maximum Gasteiger partial charge on any atom is 0.141 e. The predicted octanol–water partition coefficient (Wildman–Crippen LogP) is 16.1. The normalized spacial score (nSPS) is 13.0. The summed E-state index contributed by atoms with van der Waals surface area (Å²) in [4.78, 5) is 2.41. The van der Waals surface area contributed by atoms with Crippen molar-refractivity contribution in [3.8, 4) is 33.4 Å². The van der Waals surface area contributed by atoms with Crippen LogP contribution in [0.3, 0.4) is 0 Å². The second kappa shape index (κ2) is 13.2. The van der Waals surface area contributed by atoms with Crippen molar-refractivity contribution >= 4 is 70.5 Å². The van der Waals surface area contributed by atoms with Gasteiger partial charge in [-0.1, -0.05) is 164 Å². The lowest BCUT2D eigenvalue weighted by Crippen LogP contribution is -2.23. The lowest BCUT2D eigenvalue weighted by atomic mass is 9.73. The molecule has 9 aromatic carbocycles. The number of fused-ring (bicyclic) bond motifs is 9. The van der Waals surface area contributed by atoms with Gasteiger partial charge in [-0.25, -0.2) is 0 Å². The van der Waals surface area contributed by atoms with Gasteiger partial charge in [-0.2, -0.15) is 0 Å². The van der Waals surface area contributed by atoms with Crippen molar-refractivity contribution in [3.63, 3.8) is 0 Å². The van der Waals surface area contributed by atoms with Crippen LogP contribution in [-0.2, 0) is 5.41 Å². The summed E-state index contributed by atoms with van der Waals surface area (Å²) in [6.45, 7) is 2.37. The predicted molar refractivity (Wildman–Crippen MR) is 250 cm³/mol. The van der Waals surface area contributed by atoms with Crippen molar-refractivity contribution in [1.82, 2.24) is 0 Å². The number of para-hydroxylation sites is 1. The molecule has 12 rings (SSSR count). The van der Waals surface area contributed by atoms with Gasteiger partial charge >= 0.3 is 0 Å². The SMILES string of the molecule is CC1(c2ccc(N(c3ccc(-c4ccccc4)cc3)c3ccc(-c4cccc5c4sc4ccccc45)cc3)c3c2oc2ccccc23)c2ccccc2-c2ccccc21. The summed E-state index contributed by atoms with van der Waals surface area (Å²) in [6.07, 6.45) is 0. The largest absolute Gasteiger partial charge is 0.456 e. The minimum atomic E-state index is -0.421. The Bertz CT molecular complexity index is 3350. The molecule has 0 saturated carbocycles. The Kier molecular flexibility index (Phi) is 7.57. The monoisotopic (exact) mass is 771 g/mol. The molecular formula is C56H37NOS. The van der Waals surface area contributed by atoms with Gasteiger partial charge in [-0.3, -0.25) is 0 Å². The number of rotatable bonds is 6. The maximum atomic E-state index is 7.05. The van der Waals surface area contributed by atoms with Crippen molar-refractivity contribution in [3.05, 3.63) is 223 Å². The molecule has 1 aliphatic carbocycles. The molecule has 278 valence electrons. The summed E-state index contributed by atoms with van der Waals surface area (Å²) < 4.78 is 9.68. The van der Waals surface area contributed by atoms with E-state index in [1.165, 1.54) is 64.7 Å². The molecule has 0 radical (unpaired) electrons. The van der Waals surface area contributed by atoms with Crippen molar-refractivity contribution in [2.75, 3.05) is 4.90 Å². The van der Waals surface area contributed by atoms with Gasteiger partial charge in [0, 0.05) is 47.9 Å². The molecule has 0 atom stereocenters. The van der Waals surface area contributed by atoms with Gasteiger partial charge < -0.3 is 9.32 Å². The molecule has 0 saturated heterocycles. The van der Waals surface area contributed by atoms with Crippen LogP contribution in [0.5, 0.6) is 0 Å². The summed E-state index contributed by atoms with van der Waals surface area (Å²) in [7, 11) is 0. The van der Waals surface area contributed by atoms with E-state index in [1.54, 1.807) is 0 Å².